The summed E-state index contributed by atoms with van der Waals surface area (Å²) in [5.74, 6) is -0.256. The molecule has 0 radical (unpaired) electrons. The number of nitrogens with zero attached hydrogens (tertiary/aromatic N) is 4. The standard InChI is InChI=1S/C19H22N6O/c20-19(26)9-7-16-13-24(14-4-2-1-3-5-14)10-11-25(16)15-6-8-17-18(12-15)22-23-21-17/h1-6,8,12,16H,7,9-11,13H2,(H2,20,26)(H,21,22,23). The summed E-state index contributed by atoms with van der Waals surface area (Å²) in [5.41, 5.74) is 9.42. The molecule has 3 N–H and O–H groups in total. The highest BCUT2D eigenvalue weighted by Gasteiger charge is 2.28. The van der Waals surface area contributed by atoms with E-state index in [-0.39, 0.29) is 11.9 Å². The first kappa shape index (κ1) is 16.4. The van der Waals surface area contributed by atoms with E-state index in [2.05, 4.69) is 55.5 Å². The number of carbonyl (C=O) groups excluding carboxylic acids is 1. The van der Waals surface area contributed by atoms with E-state index < -0.39 is 0 Å². The minimum absolute atomic E-state index is 0.209. The van der Waals surface area contributed by atoms with Gasteiger partial charge in [0.25, 0.3) is 0 Å². The zero-order chi connectivity index (χ0) is 17.9. The number of hydrogen-bond acceptors (Lipinski definition) is 5. The predicted octanol–water partition coefficient (Wildman–Crippen LogP) is 1.92. The van der Waals surface area contributed by atoms with E-state index in [9.17, 15) is 4.79 Å². The van der Waals surface area contributed by atoms with E-state index in [4.69, 9.17) is 5.73 Å². The minimum atomic E-state index is -0.256. The van der Waals surface area contributed by atoms with Crippen molar-refractivity contribution in [2.45, 2.75) is 18.9 Å². The van der Waals surface area contributed by atoms with Gasteiger partial charge in [-0.25, -0.2) is 0 Å². The smallest absolute Gasteiger partial charge is 0.217 e. The SMILES string of the molecule is NC(=O)CCC1CN(c2ccccc2)CCN1c1ccc2n[nH]nc2c1. The van der Waals surface area contributed by atoms with E-state index in [1.54, 1.807) is 0 Å². The number of primary amides is 1. The average molecular weight is 350 g/mol. The van der Waals surface area contributed by atoms with Crippen LogP contribution in [-0.4, -0.2) is 47.0 Å². The van der Waals surface area contributed by atoms with Crippen LogP contribution in [0.15, 0.2) is 48.5 Å². The highest BCUT2D eigenvalue weighted by atomic mass is 16.1. The summed E-state index contributed by atoms with van der Waals surface area (Å²) < 4.78 is 0. The van der Waals surface area contributed by atoms with Crippen molar-refractivity contribution in [2.24, 2.45) is 5.73 Å². The van der Waals surface area contributed by atoms with Gasteiger partial charge in [0, 0.05) is 43.5 Å². The molecule has 1 atom stereocenters. The maximum atomic E-state index is 11.3. The molecule has 4 rings (SSSR count). The Morgan fingerprint density at radius 3 is 2.69 bits per heavy atom. The molecule has 1 unspecified atom stereocenters. The Bertz CT molecular complexity index is 893. The van der Waals surface area contributed by atoms with E-state index in [0.717, 1.165) is 42.8 Å². The van der Waals surface area contributed by atoms with E-state index in [1.165, 1.54) is 5.69 Å². The van der Waals surface area contributed by atoms with Crippen molar-refractivity contribution in [1.29, 1.82) is 0 Å². The van der Waals surface area contributed by atoms with Crippen LogP contribution in [0, 0.1) is 0 Å². The normalized spacial score (nSPS) is 17.6. The van der Waals surface area contributed by atoms with Gasteiger partial charge in [-0.3, -0.25) is 4.79 Å². The number of piperazine rings is 1. The molecule has 1 aliphatic rings. The number of anilines is 2. The summed E-state index contributed by atoms with van der Waals surface area (Å²) in [6, 6.07) is 16.7. The van der Waals surface area contributed by atoms with Crippen LogP contribution in [0.5, 0.6) is 0 Å². The van der Waals surface area contributed by atoms with Gasteiger partial charge in [0.1, 0.15) is 11.0 Å². The van der Waals surface area contributed by atoms with Crippen molar-refractivity contribution in [3.63, 3.8) is 0 Å². The molecule has 2 heterocycles. The van der Waals surface area contributed by atoms with Crippen molar-refractivity contribution in [1.82, 2.24) is 15.4 Å². The van der Waals surface area contributed by atoms with Gasteiger partial charge >= 0.3 is 0 Å². The molecule has 0 saturated carbocycles. The summed E-state index contributed by atoms with van der Waals surface area (Å²) in [6.07, 6.45) is 1.12. The topological polar surface area (TPSA) is 91.1 Å². The summed E-state index contributed by atoms with van der Waals surface area (Å²) >= 11 is 0. The second-order valence-electron chi connectivity index (χ2n) is 6.63. The van der Waals surface area contributed by atoms with Crippen LogP contribution >= 0.6 is 0 Å². The van der Waals surface area contributed by atoms with Crippen LogP contribution in [0.4, 0.5) is 11.4 Å². The van der Waals surface area contributed by atoms with E-state index in [0.29, 0.717) is 6.42 Å². The zero-order valence-corrected chi connectivity index (χ0v) is 14.5. The third-order valence-corrected chi connectivity index (χ3v) is 4.96. The van der Waals surface area contributed by atoms with Gasteiger partial charge in [0.15, 0.2) is 0 Å². The molecule has 1 aromatic heterocycles. The Hall–Kier alpha value is -3.09. The first-order valence-corrected chi connectivity index (χ1v) is 8.86. The van der Waals surface area contributed by atoms with E-state index in [1.807, 2.05) is 18.2 Å². The summed E-state index contributed by atoms with van der Waals surface area (Å²) in [7, 11) is 0. The third-order valence-electron chi connectivity index (χ3n) is 4.96. The molecule has 0 spiro atoms. The molecular formula is C19H22N6O. The second kappa shape index (κ2) is 7.03. The molecule has 0 bridgehead atoms. The van der Waals surface area contributed by atoms with Crippen LogP contribution in [0.2, 0.25) is 0 Å². The number of fused-ring (bicyclic) bond motifs is 1. The Kier molecular flexibility index (Phi) is 4.43. The Morgan fingerprint density at radius 2 is 1.88 bits per heavy atom. The van der Waals surface area contributed by atoms with Gasteiger partial charge in [0.05, 0.1) is 0 Å². The lowest BCUT2D eigenvalue weighted by molar-refractivity contribution is -0.118. The highest BCUT2D eigenvalue weighted by molar-refractivity contribution is 5.78. The molecule has 1 amide bonds. The number of H-pyrrole nitrogens is 1. The van der Waals surface area contributed by atoms with Gasteiger partial charge in [-0.2, -0.15) is 15.4 Å². The number of rotatable bonds is 5. The maximum absolute atomic E-state index is 11.3. The molecule has 0 aliphatic carbocycles. The minimum Gasteiger partial charge on any atom is -0.370 e. The number of carbonyl (C=O) groups is 1. The van der Waals surface area contributed by atoms with Crippen molar-refractivity contribution in [3.05, 3.63) is 48.5 Å². The second-order valence-corrected chi connectivity index (χ2v) is 6.63. The lowest BCUT2D eigenvalue weighted by atomic mass is 10.0. The van der Waals surface area contributed by atoms with Crippen LogP contribution in [0.1, 0.15) is 12.8 Å². The first-order valence-electron chi connectivity index (χ1n) is 8.86. The molecule has 7 nitrogen and oxygen atoms in total. The fourth-order valence-corrected chi connectivity index (χ4v) is 3.63. The molecule has 7 heteroatoms. The quantitative estimate of drug-likeness (QED) is 0.733. The molecule has 3 aromatic rings. The fourth-order valence-electron chi connectivity index (χ4n) is 3.63. The van der Waals surface area contributed by atoms with Crippen molar-refractivity contribution < 1.29 is 4.79 Å². The molecule has 2 aromatic carbocycles. The van der Waals surface area contributed by atoms with Gasteiger partial charge < -0.3 is 15.5 Å². The van der Waals surface area contributed by atoms with Crippen LogP contribution in [0.3, 0.4) is 0 Å². The Morgan fingerprint density at radius 1 is 1.08 bits per heavy atom. The van der Waals surface area contributed by atoms with Gasteiger partial charge in [-0.1, -0.05) is 18.2 Å². The Labute approximate surface area is 151 Å². The van der Waals surface area contributed by atoms with Crippen LogP contribution < -0.4 is 15.5 Å². The fraction of sp³-hybridized carbons (Fsp3) is 0.316. The van der Waals surface area contributed by atoms with Crippen LogP contribution in [0.25, 0.3) is 11.0 Å². The van der Waals surface area contributed by atoms with Crippen LogP contribution in [-0.2, 0) is 4.79 Å². The zero-order valence-electron chi connectivity index (χ0n) is 14.5. The number of benzene rings is 2. The average Bonchev–Trinajstić information content (AvgIpc) is 3.14. The van der Waals surface area contributed by atoms with Crippen molar-refractivity contribution >= 4 is 28.3 Å². The van der Waals surface area contributed by atoms with Gasteiger partial charge in [-0.15, -0.1) is 0 Å². The summed E-state index contributed by atoms with van der Waals surface area (Å²) in [6.45, 7) is 2.66. The largest absolute Gasteiger partial charge is 0.370 e. The van der Waals surface area contributed by atoms with Crippen molar-refractivity contribution in [2.75, 3.05) is 29.4 Å². The number of nitrogens with one attached hydrogen (secondary N) is 1. The molecule has 134 valence electrons. The molecular weight excluding hydrogens is 328 g/mol. The molecule has 1 fully saturated rings. The molecule has 1 aliphatic heterocycles. The van der Waals surface area contributed by atoms with Crippen molar-refractivity contribution in [3.8, 4) is 0 Å². The number of hydrogen-bond donors (Lipinski definition) is 2. The third kappa shape index (κ3) is 3.33. The number of para-hydroxylation sites is 1. The highest BCUT2D eigenvalue weighted by Crippen LogP contribution is 2.27. The predicted molar refractivity (Wildman–Crippen MR) is 102 cm³/mol. The number of aromatic amines is 1. The number of amides is 1. The summed E-state index contributed by atoms with van der Waals surface area (Å²) in [4.78, 5) is 16.1. The van der Waals surface area contributed by atoms with E-state index >= 15 is 0 Å². The lowest BCUT2D eigenvalue weighted by Gasteiger charge is -2.44. The molecule has 26 heavy (non-hydrogen) atoms. The number of aromatic nitrogens is 3. The number of nitrogens with two attached hydrogens (primary N) is 1. The molecule has 1 saturated heterocycles. The monoisotopic (exact) mass is 350 g/mol. The lowest BCUT2D eigenvalue weighted by Crippen LogP contribution is -2.53. The first-order chi connectivity index (χ1) is 12.7. The maximum Gasteiger partial charge on any atom is 0.217 e. The Balaban J connectivity index is 1.59. The van der Waals surface area contributed by atoms with Gasteiger partial charge in [0.2, 0.25) is 5.91 Å². The summed E-state index contributed by atoms with van der Waals surface area (Å²) in [5, 5.41) is 11.0. The van der Waals surface area contributed by atoms with Gasteiger partial charge in [-0.05, 0) is 36.8 Å².